The van der Waals surface area contributed by atoms with Crippen molar-refractivity contribution in [2.24, 2.45) is 0 Å². The SMILES string of the molecule is O=C(CN1CCN(c2nc(-c3ccc(Cl)cc3)cs2)CC1)Nc1ccc2c(c1)OCCO2. The van der Waals surface area contributed by atoms with E-state index in [1.807, 2.05) is 42.5 Å². The molecule has 1 saturated heterocycles. The number of nitrogens with one attached hydrogen (secondary N) is 1. The van der Waals surface area contributed by atoms with Crippen molar-refractivity contribution in [3.05, 3.63) is 52.9 Å². The third-order valence-corrected chi connectivity index (χ3v) is 6.62. The van der Waals surface area contributed by atoms with E-state index in [0.717, 1.165) is 53.3 Å². The Morgan fingerprint density at radius 3 is 2.56 bits per heavy atom. The minimum atomic E-state index is -0.0330. The molecule has 7 nitrogen and oxygen atoms in total. The van der Waals surface area contributed by atoms with Crippen molar-refractivity contribution >= 4 is 39.7 Å². The maximum atomic E-state index is 12.5. The Hall–Kier alpha value is -2.81. The molecule has 2 aliphatic rings. The number of halogens is 1. The minimum Gasteiger partial charge on any atom is -0.486 e. The summed E-state index contributed by atoms with van der Waals surface area (Å²) in [6.07, 6.45) is 0. The fourth-order valence-electron chi connectivity index (χ4n) is 3.78. The van der Waals surface area contributed by atoms with Gasteiger partial charge in [-0.1, -0.05) is 23.7 Å². The van der Waals surface area contributed by atoms with Crippen LogP contribution in [0.4, 0.5) is 10.8 Å². The van der Waals surface area contributed by atoms with Crippen LogP contribution in [0.1, 0.15) is 0 Å². The third-order valence-electron chi connectivity index (χ3n) is 5.47. The highest BCUT2D eigenvalue weighted by Gasteiger charge is 2.22. The van der Waals surface area contributed by atoms with E-state index in [4.69, 9.17) is 26.1 Å². The molecule has 0 spiro atoms. The lowest BCUT2D eigenvalue weighted by molar-refractivity contribution is -0.117. The van der Waals surface area contributed by atoms with Gasteiger partial charge in [0.1, 0.15) is 13.2 Å². The topological polar surface area (TPSA) is 66.9 Å². The number of carbonyl (C=O) groups is 1. The Labute approximate surface area is 195 Å². The molecule has 0 aliphatic carbocycles. The summed E-state index contributed by atoms with van der Waals surface area (Å²) in [5, 5.41) is 6.76. The molecule has 1 aromatic heterocycles. The Bertz CT molecular complexity index is 1100. The van der Waals surface area contributed by atoms with Crippen LogP contribution in [0, 0.1) is 0 Å². The highest BCUT2D eigenvalue weighted by Crippen LogP contribution is 2.32. The Morgan fingerprint density at radius 1 is 1.03 bits per heavy atom. The number of carbonyl (C=O) groups excluding carboxylic acids is 1. The molecule has 1 N–H and O–H groups in total. The molecule has 2 aliphatic heterocycles. The van der Waals surface area contributed by atoms with Gasteiger partial charge in [0, 0.05) is 53.9 Å². The monoisotopic (exact) mass is 470 g/mol. The van der Waals surface area contributed by atoms with Crippen molar-refractivity contribution in [1.29, 1.82) is 0 Å². The zero-order valence-electron chi connectivity index (χ0n) is 17.4. The van der Waals surface area contributed by atoms with Crippen LogP contribution in [0.25, 0.3) is 11.3 Å². The van der Waals surface area contributed by atoms with Crippen molar-refractivity contribution in [3.8, 4) is 22.8 Å². The number of hydrogen-bond acceptors (Lipinski definition) is 7. The lowest BCUT2D eigenvalue weighted by Gasteiger charge is -2.34. The lowest BCUT2D eigenvalue weighted by atomic mass is 10.2. The second-order valence-corrected chi connectivity index (χ2v) is 8.97. The Kier molecular flexibility index (Phi) is 6.16. The number of ether oxygens (including phenoxy) is 2. The molecule has 3 aromatic rings. The number of anilines is 2. The summed E-state index contributed by atoms with van der Waals surface area (Å²) in [7, 11) is 0. The zero-order valence-corrected chi connectivity index (χ0v) is 19.0. The first kappa shape index (κ1) is 21.1. The van der Waals surface area contributed by atoms with Crippen LogP contribution in [0.15, 0.2) is 47.8 Å². The molecule has 32 heavy (non-hydrogen) atoms. The summed E-state index contributed by atoms with van der Waals surface area (Å²) in [6.45, 7) is 4.73. The summed E-state index contributed by atoms with van der Waals surface area (Å²) in [4.78, 5) is 21.8. The molecule has 5 rings (SSSR count). The first-order chi connectivity index (χ1) is 15.6. The van der Waals surface area contributed by atoms with Crippen LogP contribution in [0.5, 0.6) is 11.5 Å². The minimum absolute atomic E-state index is 0.0330. The lowest BCUT2D eigenvalue weighted by Crippen LogP contribution is -2.48. The number of benzene rings is 2. The number of hydrogen-bond donors (Lipinski definition) is 1. The van der Waals surface area contributed by atoms with E-state index in [-0.39, 0.29) is 5.91 Å². The van der Waals surface area contributed by atoms with Crippen molar-refractivity contribution in [1.82, 2.24) is 9.88 Å². The van der Waals surface area contributed by atoms with E-state index in [2.05, 4.69) is 20.5 Å². The molecular formula is C23H23ClN4O3S. The van der Waals surface area contributed by atoms with Crippen LogP contribution in [0.2, 0.25) is 5.02 Å². The summed E-state index contributed by atoms with van der Waals surface area (Å²) in [5.74, 6) is 1.35. The molecule has 0 unspecified atom stereocenters. The molecule has 1 amide bonds. The summed E-state index contributed by atoms with van der Waals surface area (Å²) >= 11 is 7.62. The van der Waals surface area contributed by atoms with Gasteiger partial charge >= 0.3 is 0 Å². The van der Waals surface area contributed by atoms with Gasteiger partial charge in [-0.15, -0.1) is 11.3 Å². The standard InChI is InChI=1S/C23H23ClN4O3S/c24-17-3-1-16(2-4-17)19-15-32-23(26-19)28-9-7-27(8-10-28)14-22(29)25-18-5-6-20-21(13-18)31-12-11-30-20/h1-6,13,15H,7-12,14H2,(H,25,29). The first-order valence-electron chi connectivity index (χ1n) is 10.5. The van der Waals surface area contributed by atoms with E-state index in [9.17, 15) is 4.79 Å². The van der Waals surface area contributed by atoms with E-state index in [1.54, 1.807) is 11.3 Å². The van der Waals surface area contributed by atoms with Gasteiger partial charge in [0.05, 0.1) is 12.2 Å². The van der Waals surface area contributed by atoms with Crippen molar-refractivity contribution < 1.29 is 14.3 Å². The molecule has 166 valence electrons. The van der Waals surface area contributed by atoms with E-state index < -0.39 is 0 Å². The van der Waals surface area contributed by atoms with Crippen LogP contribution < -0.4 is 19.7 Å². The average molecular weight is 471 g/mol. The zero-order chi connectivity index (χ0) is 21.9. The summed E-state index contributed by atoms with van der Waals surface area (Å²) < 4.78 is 11.1. The van der Waals surface area contributed by atoms with E-state index >= 15 is 0 Å². The molecule has 0 saturated carbocycles. The van der Waals surface area contributed by atoms with Crippen LogP contribution in [-0.2, 0) is 4.79 Å². The fraction of sp³-hybridized carbons (Fsp3) is 0.304. The third kappa shape index (κ3) is 4.82. The van der Waals surface area contributed by atoms with Gasteiger partial charge in [0.15, 0.2) is 16.6 Å². The second kappa shape index (κ2) is 9.36. The van der Waals surface area contributed by atoms with Crippen molar-refractivity contribution in [2.75, 3.05) is 56.2 Å². The maximum absolute atomic E-state index is 12.5. The van der Waals surface area contributed by atoms with Crippen LogP contribution in [-0.4, -0.2) is 61.7 Å². The van der Waals surface area contributed by atoms with Crippen LogP contribution in [0.3, 0.4) is 0 Å². The van der Waals surface area contributed by atoms with Gasteiger partial charge in [0.25, 0.3) is 0 Å². The highest BCUT2D eigenvalue weighted by molar-refractivity contribution is 7.14. The summed E-state index contributed by atoms with van der Waals surface area (Å²) in [5.41, 5.74) is 2.74. The summed E-state index contributed by atoms with van der Waals surface area (Å²) in [6, 6.07) is 13.2. The highest BCUT2D eigenvalue weighted by atomic mass is 35.5. The van der Waals surface area contributed by atoms with Crippen molar-refractivity contribution in [3.63, 3.8) is 0 Å². The molecule has 3 heterocycles. The molecular weight excluding hydrogens is 448 g/mol. The van der Waals surface area contributed by atoms with Gasteiger partial charge in [-0.25, -0.2) is 4.98 Å². The number of aromatic nitrogens is 1. The normalized spacial score (nSPS) is 16.1. The van der Waals surface area contributed by atoms with Gasteiger partial charge in [-0.3, -0.25) is 9.69 Å². The van der Waals surface area contributed by atoms with E-state index in [0.29, 0.717) is 31.3 Å². The Balaban J connectivity index is 1.12. The predicted molar refractivity (Wildman–Crippen MR) is 127 cm³/mol. The van der Waals surface area contributed by atoms with Gasteiger partial charge in [-0.2, -0.15) is 0 Å². The number of rotatable bonds is 5. The predicted octanol–water partition coefficient (Wildman–Crippen LogP) is 4.00. The number of thiazole rings is 1. The van der Waals surface area contributed by atoms with Gasteiger partial charge in [-0.05, 0) is 24.3 Å². The largest absolute Gasteiger partial charge is 0.486 e. The number of nitrogens with zero attached hydrogens (tertiary/aromatic N) is 3. The molecule has 0 radical (unpaired) electrons. The van der Waals surface area contributed by atoms with Crippen LogP contribution >= 0.6 is 22.9 Å². The molecule has 2 aromatic carbocycles. The maximum Gasteiger partial charge on any atom is 0.238 e. The number of amides is 1. The molecule has 0 bridgehead atoms. The van der Waals surface area contributed by atoms with Gasteiger partial charge in [0.2, 0.25) is 5.91 Å². The second-order valence-electron chi connectivity index (χ2n) is 7.69. The average Bonchev–Trinajstić information content (AvgIpc) is 3.30. The fourth-order valence-corrected chi connectivity index (χ4v) is 4.80. The molecule has 1 fully saturated rings. The molecule has 0 atom stereocenters. The number of piperazine rings is 1. The van der Waals surface area contributed by atoms with E-state index in [1.165, 1.54) is 0 Å². The van der Waals surface area contributed by atoms with Gasteiger partial charge < -0.3 is 19.7 Å². The number of fused-ring (bicyclic) bond motifs is 1. The first-order valence-corrected chi connectivity index (χ1v) is 11.8. The Morgan fingerprint density at radius 2 is 1.78 bits per heavy atom. The molecule has 9 heteroatoms. The van der Waals surface area contributed by atoms with Crippen molar-refractivity contribution in [2.45, 2.75) is 0 Å². The smallest absolute Gasteiger partial charge is 0.238 e. The quantitative estimate of drug-likeness (QED) is 0.608.